The zero-order valence-corrected chi connectivity index (χ0v) is 10.9. The third kappa shape index (κ3) is 2.57. The van der Waals surface area contributed by atoms with Gasteiger partial charge in [0.25, 0.3) is 0 Å². The predicted molar refractivity (Wildman–Crippen MR) is 74.0 cm³/mol. The summed E-state index contributed by atoms with van der Waals surface area (Å²) in [5.41, 5.74) is 8.44. The largest absolute Gasteiger partial charge is 0.399 e. The van der Waals surface area contributed by atoms with Gasteiger partial charge in [0, 0.05) is 31.1 Å². The number of amides is 1. The number of carbonyl (C=O) groups excluding carboxylic acids is 1. The van der Waals surface area contributed by atoms with Gasteiger partial charge in [0.2, 0.25) is 5.91 Å². The quantitative estimate of drug-likeness (QED) is 0.736. The molecule has 0 aliphatic carbocycles. The standard InChI is InChI=1S/C14H19N3O2/c15-11-3-2-10-8-13(14(18)16-12(10)9-11)17-4-1-6-19-7-5-17/h2-3,9,13H,1,4-8,15H2,(H,16,18). The Labute approximate surface area is 112 Å². The lowest BCUT2D eigenvalue weighted by atomic mass is 9.97. The van der Waals surface area contributed by atoms with Crippen LogP contribution < -0.4 is 11.1 Å². The second-order valence-electron chi connectivity index (χ2n) is 5.13. The Kier molecular flexibility index (Phi) is 3.40. The number of anilines is 2. The van der Waals surface area contributed by atoms with Gasteiger partial charge in [-0.1, -0.05) is 6.07 Å². The van der Waals surface area contributed by atoms with Gasteiger partial charge >= 0.3 is 0 Å². The van der Waals surface area contributed by atoms with E-state index in [0.717, 1.165) is 43.8 Å². The van der Waals surface area contributed by atoms with Crippen LogP contribution in [0.2, 0.25) is 0 Å². The molecular formula is C14H19N3O2. The third-order valence-corrected chi connectivity index (χ3v) is 3.81. The number of hydrogen-bond donors (Lipinski definition) is 2. The summed E-state index contributed by atoms with van der Waals surface area (Å²) in [6.07, 6.45) is 1.74. The average Bonchev–Trinajstić information content (AvgIpc) is 2.66. The van der Waals surface area contributed by atoms with E-state index in [-0.39, 0.29) is 11.9 Å². The summed E-state index contributed by atoms with van der Waals surface area (Å²) in [4.78, 5) is 14.5. The molecule has 0 spiro atoms. The Morgan fingerprint density at radius 3 is 3.11 bits per heavy atom. The van der Waals surface area contributed by atoms with Crippen molar-refractivity contribution in [3.63, 3.8) is 0 Å². The van der Waals surface area contributed by atoms with Crippen molar-refractivity contribution in [1.29, 1.82) is 0 Å². The van der Waals surface area contributed by atoms with E-state index in [1.54, 1.807) is 0 Å². The van der Waals surface area contributed by atoms with E-state index in [9.17, 15) is 4.79 Å². The van der Waals surface area contributed by atoms with E-state index < -0.39 is 0 Å². The molecule has 102 valence electrons. The summed E-state index contributed by atoms with van der Waals surface area (Å²) in [5, 5.41) is 2.97. The van der Waals surface area contributed by atoms with E-state index in [1.165, 1.54) is 0 Å². The van der Waals surface area contributed by atoms with Crippen LogP contribution in [0.3, 0.4) is 0 Å². The molecule has 0 radical (unpaired) electrons. The molecule has 5 nitrogen and oxygen atoms in total. The fourth-order valence-corrected chi connectivity index (χ4v) is 2.78. The minimum Gasteiger partial charge on any atom is -0.399 e. The van der Waals surface area contributed by atoms with Crippen LogP contribution in [0.25, 0.3) is 0 Å². The molecule has 2 heterocycles. The fourth-order valence-electron chi connectivity index (χ4n) is 2.78. The van der Waals surface area contributed by atoms with Gasteiger partial charge in [-0.05, 0) is 30.5 Å². The monoisotopic (exact) mass is 261 g/mol. The SMILES string of the molecule is Nc1ccc2c(c1)NC(=O)C(N1CCCOCC1)C2. The van der Waals surface area contributed by atoms with E-state index >= 15 is 0 Å². The number of nitrogen functional groups attached to an aromatic ring is 1. The molecule has 1 unspecified atom stereocenters. The zero-order valence-electron chi connectivity index (χ0n) is 10.9. The Morgan fingerprint density at radius 1 is 1.32 bits per heavy atom. The number of carbonyl (C=O) groups is 1. The van der Waals surface area contributed by atoms with Crippen LogP contribution in [-0.4, -0.2) is 43.2 Å². The maximum atomic E-state index is 12.2. The van der Waals surface area contributed by atoms with Gasteiger partial charge in [0.05, 0.1) is 12.6 Å². The van der Waals surface area contributed by atoms with Gasteiger partial charge in [-0.2, -0.15) is 0 Å². The lowest BCUT2D eigenvalue weighted by Gasteiger charge is -2.33. The lowest BCUT2D eigenvalue weighted by Crippen LogP contribution is -2.48. The fraction of sp³-hybridized carbons (Fsp3) is 0.500. The van der Waals surface area contributed by atoms with Crippen LogP contribution in [0.1, 0.15) is 12.0 Å². The highest BCUT2D eigenvalue weighted by molar-refractivity contribution is 5.98. The molecule has 5 heteroatoms. The molecule has 0 bridgehead atoms. The number of benzene rings is 1. The van der Waals surface area contributed by atoms with Crippen LogP contribution in [0, 0.1) is 0 Å². The first-order valence-corrected chi connectivity index (χ1v) is 6.75. The number of nitrogens with zero attached hydrogens (tertiary/aromatic N) is 1. The van der Waals surface area contributed by atoms with Gasteiger partial charge < -0.3 is 15.8 Å². The highest BCUT2D eigenvalue weighted by Crippen LogP contribution is 2.27. The van der Waals surface area contributed by atoms with Crippen molar-refractivity contribution in [3.05, 3.63) is 23.8 Å². The summed E-state index contributed by atoms with van der Waals surface area (Å²) >= 11 is 0. The van der Waals surface area contributed by atoms with Crippen molar-refractivity contribution in [2.45, 2.75) is 18.9 Å². The van der Waals surface area contributed by atoms with Gasteiger partial charge in [0.15, 0.2) is 0 Å². The summed E-state index contributed by atoms with van der Waals surface area (Å²) in [7, 11) is 0. The smallest absolute Gasteiger partial charge is 0.242 e. The van der Waals surface area contributed by atoms with Gasteiger partial charge in [-0.3, -0.25) is 9.69 Å². The molecule has 19 heavy (non-hydrogen) atoms. The number of rotatable bonds is 1. The highest BCUT2D eigenvalue weighted by Gasteiger charge is 2.31. The van der Waals surface area contributed by atoms with Crippen LogP contribution in [-0.2, 0) is 16.0 Å². The predicted octanol–water partition coefficient (Wildman–Crippen LogP) is 0.854. The maximum absolute atomic E-state index is 12.2. The van der Waals surface area contributed by atoms with Crippen molar-refractivity contribution >= 4 is 17.3 Å². The molecule has 1 atom stereocenters. The number of hydrogen-bond acceptors (Lipinski definition) is 4. The molecule has 3 rings (SSSR count). The first-order chi connectivity index (χ1) is 9.24. The molecule has 3 N–H and O–H groups in total. The molecule has 2 aliphatic heterocycles. The molecule has 1 fully saturated rings. The Bertz CT molecular complexity index is 482. The van der Waals surface area contributed by atoms with E-state index in [0.29, 0.717) is 12.3 Å². The molecule has 0 saturated carbocycles. The number of nitrogens with one attached hydrogen (secondary N) is 1. The molecule has 0 aromatic heterocycles. The van der Waals surface area contributed by atoms with Crippen molar-refractivity contribution < 1.29 is 9.53 Å². The summed E-state index contributed by atoms with van der Waals surface area (Å²) in [5.74, 6) is 0.0694. The first kappa shape index (κ1) is 12.4. The Balaban J connectivity index is 1.80. The van der Waals surface area contributed by atoms with Crippen LogP contribution in [0.4, 0.5) is 11.4 Å². The molecule has 1 saturated heterocycles. The molecule has 2 aliphatic rings. The number of nitrogens with two attached hydrogens (primary N) is 1. The van der Waals surface area contributed by atoms with Crippen molar-refractivity contribution in [2.24, 2.45) is 0 Å². The van der Waals surface area contributed by atoms with Crippen LogP contribution >= 0.6 is 0 Å². The van der Waals surface area contributed by atoms with Gasteiger partial charge in [0.1, 0.15) is 0 Å². The summed E-state index contributed by atoms with van der Waals surface area (Å²) in [6.45, 7) is 3.24. The van der Waals surface area contributed by atoms with Crippen molar-refractivity contribution in [3.8, 4) is 0 Å². The number of fused-ring (bicyclic) bond motifs is 1. The van der Waals surface area contributed by atoms with Crippen molar-refractivity contribution in [2.75, 3.05) is 37.4 Å². The topological polar surface area (TPSA) is 67.6 Å². The van der Waals surface area contributed by atoms with Gasteiger partial charge in [-0.25, -0.2) is 0 Å². The Hall–Kier alpha value is -1.59. The highest BCUT2D eigenvalue weighted by atomic mass is 16.5. The summed E-state index contributed by atoms with van der Waals surface area (Å²) in [6, 6.07) is 5.64. The zero-order chi connectivity index (χ0) is 13.2. The second kappa shape index (κ2) is 5.19. The van der Waals surface area contributed by atoms with E-state index in [2.05, 4.69) is 10.2 Å². The van der Waals surface area contributed by atoms with Crippen LogP contribution in [0.5, 0.6) is 0 Å². The van der Waals surface area contributed by atoms with Crippen LogP contribution in [0.15, 0.2) is 18.2 Å². The Morgan fingerprint density at radius 2 is 2.21 bits per heavy atom. The average molecular weight is 261 g/mol. The van der Waals surface area contributed by atoms with Gasteiger partial charge in [-0.15, -0.1) is 0 Å². The summed E-state index contributed by atoms with van der Waals surface area (Å²) < 4.78 is 5.45. The lowest BCUT2D eigenvalue weighted by molar-refractivity contribution is -0.121. The first-order valence-electron chi connectivity index (χ1n) is 6.75. The molecule has 1 aromatic carbocycles. The molecular weight excluding hydrogens is 242 g/mol. The normalized spacial score (nSPS) is 24.4. The van der Waals surface area contributed by atoms with E-state index in [4.69, 9.17) is 10.5 Å². The molecule has 1 aromatic rings. The minimum absolute atomic E-state index is 0.0694. The maximum Gasteiger partial charge on any atom is 0.242 e. The van der Waals surface area contributed by atoms with E-state index in [1.807, 2.05) is 18.2 Å². The second-order valence-corrected chi connectivity index (χ2v) is 5.13. The van der Waals surface area contributed by atoms with Crippen molar-refractivity contribution in [1.82, 2.24) is 4.90 Å². The molecule has 1 amide bonds. The third-order valence-electron chi connectivity index (χ3n) is 3.81. The number of ether oxygens (including phenoxy) is 1. The minimum atomic E-state index is -0.0853.